The summed E-state index contributed by atoms with van der Waals surface area (Å²) >= 11 is 0. The summed E-state index contributed by atoms with van der Waals surface area (Å²) in [4.78, 5) is 14.9. The van der Waals surface area contributed by atoms with Gasteiger partial charge in [0, 0.05) is 18.8 Å². The van der Waals surface area contributed by atoms with E-state index in [2.05, 4.69) is 0 Å². The Morgan fingerprint density at radius 3 is 2.38 bits per heavy atom. The molecule has 0 aliphatic heterocycles. The van der Waals surface area contributed by atoms with E-state index >= 15 is 0 Å². The zero-order chi connectivity index (χ0) is 20.4. The number of carbonyl (C=O) groups excluding carboxylic acids is 1. The van der Waals surface area contributed by atoms with E-state index in [1.54, 1.807) is 22.8 Å². The molecule has 29 heavy (non-hydrogen) atoms. The molecule has 2 aromatic carbocycles. The molecular weight excluding hydrogens is 362 g/mol. The number of carbonyl (C=O) groups is 1. The number of para-hydroxylation sites is 1. The molecule has 4 rings (SSSR count). The first-order valence-electron chi connectivity index (χ1n) is 9.54. The van der Waals surface area contributed by atoms with Crippen LogP contribution in [-0.4, -0.2) is 27.6 Å². The van der Waals surface area contributed by atoms with Crippen LogP contribution in [0.1, 0.15) is 27.4 Å². The van der Waals surface area contributed by atoms with Crippen molar-refractivity contribution in [3.8, 4) is 16.9 Å². The first kappa shape index (κ1) is 18.7. The minimum Gasteiger partial charge on any atom is -0.464 e. The maximum absolute atomic E-state index is 13.3. The lowest BCUT2D eigenvalue weighted by Gasteiger charge is -2.15. The topological polar surface area (TPSA) is 51.3 Å². The number of hydrogen-bond acceptors (Lipinski definition) is 3. The van der Waals surface area contributed by atoms with Gasteiger partial charge in [-0.2, -0.15) is 5.10 Å². The summed E-state index contributed by atoms with van der Waals surface area (Å²) in [5.41, 5.74) is 4.21. The molecule has 1 amide bonds. The van der Waals surface area contributed by atoms with E-state index in [0.717, 1.165) is 28.3 Å². The molecule has 4 aromatic rings. The summed E-state index contributed by atoms with van der Waals surface area (Å²) in [5.74, 6) is 1.49. The van der Waals surface area contributed by atoms with Crippen molar-refractivity contribution < 1.29 is 9.21 Å². The lowest BCUT2D eigenvalue weighted by Crippen LogP contribution is -2.26. The van der Waals surface area contributed by atoms with Gasteiger partial charge in [-0.05, 0) is 38.1 Å². The van der Waals surface area contributed by atoms with Crippen molar-refractivity contribution in [1.29, 1.82) is 0 Å². The third kappa shape index (κ3) is 3.99. The quantitative estimate of drug-likeness (QED) is 0.485. The summed E-state index contributed by atoms with van der Waals surface area (Å²) in [6.07, 6.45) is 1.80. The van der Waals surface area contributed by atoms with Crippen LogP contribution in [-0.2, 0) is 6.54 Å². The van der Waals surface area contributed by atoms with E-state index < -0.39 is 0 Å². The van der Waals surface area contributed by atoms with Crippen molar-refractivity contribution in [3.63, 3.8) is 0 Å². The summed E-state index contributed by atoms with van der Waals surface area (Å²) in [6, 6.07) is 21.7. The minimum absolute atomic E-state index is 0.100. The Morgan fingerprint density at radius 1 is 1.00 bits per heavy atom. The van der Waals surface area contributed by atoms with Crippen LogP contribution in [0.4, 0.5) is 0 Å². The second-order valence-electron chi connectivity index (χ2n) is 7.21. The fraction of sp³-hybridized carbons (Fsp3) is 0.167. The van der Waals surface area contributed by atoms with E-state index in [0.29, 0.717) is 17.8 Å². The van der Waals surface area contributed by atoms with Gasteiger partial charge >= 0.3 is 0 Å². The lowest BCUT2D eigenvalue weighted by molar-refractivity contribution is 0.0775. The van der Waals surface area contributed by atoms with Gasteiger partial charge in [0.25, 0.3) is 5.91 Å². The van der Waals surface area contributed by atoms with Crippen LogP contribution in [0.5, 0.6) is 0 Å². The fourth-order valence-electron chi connectivity index (χ4n) is 3.25. The number of aryl methyl sites for hydroxylation is 2. The molecule has 2 heterocycles. The smallest absolute Gasteiger partial charge is 0.257 e. The second kappa shape index (κ2) is 7.80. The van der Waals surface area contributed by atoms with Crippen LogP contribution in [0.2, 0.25) is 0 Å². The van der Waals surface area contributed by atoms with Crippen molar-refractivity contribution in [3.05, 3.63) is 95.6 Å². The van der Waals surface area contributed by atoms with Crippen molar-refractivity contribution >= 4 is 5.91 Å². The molecule has 0 N–H and O–H groups in total. The number of rotatable bonds is 5. The number of amides is 1. The summed E-state index contributed by atoms with van der Waals surface area (Å²) < 4.78 is 7.39. The summed E-state index contributed by atoms with van der Waals surface area (Å²) in [5, 5.41) is 4.74. The predicted octanol–water partition coefficient (Wildman–Crippen LogP) is 5.02. The zero-order valence-electron chi connectivity index (χ0n) is 16.8. The van der Waals surface area contributed by atoms with E-state index in [4.69, 9.17) is 9.52 Å². The molecule has 0 fully saturated rings. The van der Waals surface area contributed by atoms with Crippen molar-refractivity contribution in [2.45, 2.75) is 20.4 Å². The molecule has 0 aliphatic carbocycles. The van der Waals surface area contributed by atoms with E-state index in [1.165, 1.54) is 0 Å². The van der Waals surface area contributed by atoms with Crippen LogP contribution in [0.25, 0.3) is 16.9 Å². The first-order chi connectivity index (χ1) is 14.0. The molecular formula is C24H23N3O2. The van der Waals surface area contributed by atoms with Gasteiger partial charge in [-0.25, -0.2) is 4.68 Å². The Bertz CT molecular complexity index is 1120. The molecule has 5 heteroatoms. The standard InChI is InChI=1S/C24H23N3O2/c1-17-9-12-19(13-10-17)23-22(16-27(25-23)20-7-5-4-6-8-20)24(28)26(3)15-21-14-11-18(2)29-21/h4-14,16H,15H2,1-3H3. The average molecular weight is 385 g/mol. The maximum atomic E-state index is 13.3. The van der Waals surface area contributed by atoms with E-state index in [1.807, 2.05) is 80.6 Å². The minimum atomic E-state index is -0.100. The SMILES string of the molecule is Cc1ccc(-c2nn(-c3ccccc3)cc2C(=O)N(C)Cc2ccc(C)o2)cc1. The van der Waals surface area contributed by atoms with Gasteiger partial charge in [0.15, 0.2) is 0 Å². The first-order valence-corrected chi connectivity index (χ1v) is 9.54. The van der Waals surface area contributed by atoms with Gasteiger partial charge in [0.2, 0.25) is 0 Å². The van der Waals surface area contributed by atoms with Gasteiger partial charge in [-0.15, -0.1) is 0 Å². The van der Waals surface area contributed by atoms with Crippen LogP contribution in [0, 0.1) is 13.8 Å². The molecule has 0 radical (unpaired) electrons. The summed E-state index contributed by atoms with van der Waals surface area (Å²) in [7, 11) is 1.78. The number of nitrogens with zero attached hydrogens (tertiary/aromatic N) is 3. The third-order valence-corrected chi connectivity index (χ3v) is 4.83. The van der Waals surface area contributed by atoms with Crippen LogP contribution in [0.15, 0.2) is 77.3 Å². The molecule has 2 aromatic heterocycles. The Kier molecular flexibility index (Phi) is 5.04. The Morgan fingerprint density at radius 2 is 1.72 bits per heavy atom. The molecule has 0 atom stereocenters. The highest BCUT2D eigenvalue weighted by molar-refractivity contribution is 5.99. The maximum Gasteiger partial charge on any atom is 0.257 e. The van der Waals surface area contributed by atoms with E-state index in [-0.39, 0.29) is 5.91 Å². The Labute approximate surface area is 170 Å². The third-order valence-electron chi connectivity index (χ3n) is 4.83. The summed E-state index contributed by atoms with van der Waals surface area (Å²) in [6.45, 7) is 4.33. The number of hydrogen-bond donors (Lipinski definition) is 0. The lowest BCUT2D eigenvalue weighted by atomic mass is 10.1. The Balaban J connectivity index is 1.72. The monoisotopic (exact) mass is 385 g/mol. The number of furan rings is 1. The second-order valence-corrected chi connectivity index (χ2v) is 7.21. The van der Waals surface area contributed by atoms with Gasteiger partial charge in [0.1, 0.15) is 17.2 Å². The highest BCUT2D eigenvalue weighted by Crippen LogP contribution is 2.26. The molecule has 146 valence electrons. The average Bonchev–Trinajstić information content (AvgIpc) is 3.35. The number of benzene rings is 2. The molecule has 5 nitrogen and oxygen atoms in total. The van der Waals surface area contributed by atoms with E-state index in [9.17, 15) is 4.79 Å². The van der Waals surface area contributed by atoms with Crippen molar-refractivity contribution in [1.82, 2.24) is 14.7 Å². The van der Waals surface area contributed by atoms with Crippen LogP contribution >= 0.6 is 0 Å². The highest BCUT2D eigenvalue weighted by atomic mass is 16.3. The predicted molar refractivity (Wildman–Crippen MR) is 113 cm³/mol. The molecule has 0 bridgehead atoms. The molecule has 0 saturated carbocycles. The molecule has 0 saturated heterocycles. The van der Waals surface area contributed by atoms with Gasteiger partial charge < -0.3 is 9.32 Å². The largest absolute Gasteiger partial charge is 0.464 e. The molecule has 0 aliphatic rings. The zero-order valence-corrected chi connectivity index (χ0v) is 16.8. The fourth-order valence-corrected chi connectivity index (χ4v) is 3.25. The van der Waals surface area contributed by atoms with Gasteiger partial charge in [-0.3, -0.25) is 4.79 Å². The van der Waals surface area contributed by atoms with Crippen LogP contribution < -0.4 is 0 Å². The van der Waals surface area contributed by atoms with Crippen molar-refractivity contribution in [2.75, 3.05) is 7.05 Å². The number of aromatic nitrogens is 2. The Hall–Kier alpha value is -3.60. The molecule has 0 spiro atoms. The van der Waals surface area contributed by atoms with Gasteiger partial charge in [-0.1, -0.05) is 48.0 Å². The van der Waals surface area contributed by atoms with Crippen LogP contribution in [0.3, 0.4) is 0 Å². The van der Waals surface area contributed by atoms with Gasteiger partial charge in [0.05, 0.1) is 17.8 Å². The molecule has 0 unspecified atom stereocenters. The normalized spacial score (nSPS) is 10.9. The highest BCUT2D eigenvalue weighted by Gasteiger charge is 2.22. The van der Waals surface area contributed by atoms with Crippen molar-refractivity contribution in [2.24, 2.45) is 0 Å².